The molecule has 108 valence electrons. The number of hydrogen-bond donors (Lipinski definition) is 1. The van der Waals surface area contributed by atoms with Crippen molar-refractivity contribution in [2.75, 3.05) is 19.3 Å². The zero-order valence-corrected chi connectivity index (χ0v) is 12.2. The normalized spacial score (nSPS) is 22.5. The van der Waals surface area contributed by atoms with Crippen molar-refractivity contribution in [3.63, 3.8) is 0 Å². The Morgan fingerprint density at radius 1 is 1.47 bits per heavy atom. The molecular formula is C13H22N2O3S. The van der Waals surface area contributed by atoms with E-state index in [2.05, 4.69) is 10.3 Å². The van der Waals surface area contributed by atoms with Gasteiger partial charge in [0.25, 0.3) is 0 Å². The average molecular weight is 286 g/mol. The summed E-state index contributed by atoms with van der Waals surface area (Å²) >= 11 is 0. The molecule has 0 saturated carbocycles. The molecule has 1 saturated heterocycles. The third-order valence-corrected chi connectivity index (χ3v) is 5.85. The van der Waals surface area contributed by atoms with Gasteiger partial charge in [-0.05, 0) is 39.3 Å². The Hall–Kier alpha value is -0.880. The number of sulfone groups is 1. The Labute approximate surface area is 114 Å². The predicted molar refractivity (Wildman–Crippen MR) is 73.9 cm³/mol. The van der Waals surface area contributed by atoms with Crippen molar-refractivity contribution < 1.29 is 12.8 Å². The molecule has 1 aliphatic heterocycles. The van der Waals surface area contributed by atoms with E-state index in [1.54, 1.807) is 6.26 Å². The van der Waals surface area contributed by atoms with Crippen LogP contribution in [0.2, 0.25) is 0 Å². The average Bonchev–Trinajstić information content (AvgIpc) is 2.80. The first-order valence-corrected chi connectivity index (χ1v) is 8.63. The Bertz CT molecular complexity index is 496. The molecule has 0 aliphatic carbocycles. The second-order valence-electron chi connectivity index (χ2n) is 5.13. The molecule has 5 nitrogen and oxygen atoms in total. The SMILES string of the molecule is CNCCCc1coc(CC2CCCCS2(=O)=O)n1. The van der Waals surface area contributed by atoms with Gasteiger partial charge in [0.15, 0.2) is 15.7 Å². The van der Waals surface area contributed by atoms with E-state index >= 15 is 0 Å². The molecule has 6 heteroatoms. The fraction of sp³-hybridized carbons (Fsp3) is 0.769. The first kappa shape index (κ1) is 14.5. The summed E-state index contributed by atoms with van der Waals surface area (Å²) in [4.78, 5) is 4.38. The maximum atomic E-state index is 11.9. The molecule has 1 aliphatic rings. The van der Waals surface area contributed by atoms with E-state index in [1.165, 1.54) is 0 Å². The van der Waals surface area contributed by atoms with Crippen molar-refractivity contribution in [2.24, 2.45) is 0 Å². The molecule has 0 radical (unpaired) electrons. The molecule has 1 aromatic heterocycles. The van der Waals surface area contributed by atoms with Gasteiger partial charge in [-0.15, -0.1) is 0 Å². The van der Waals surface area contributed by atoms with E-state index < -0.39 is 9.84 Å². The van der Waals surface area contributed by atoms with Crippen LogP contribution in [0, 0.1) is 0 Å². The molecule has 1 fully saturated rings. The number of aromatic nitrogens is 1. The number of rotatable bonds is 6. The molecular weight excluding hydrogens is 264 g/mol. The minimum absolute atomic E-state index is 0.301. The Morgan fingerprint density at radius 2 is 2.32 bits per heavy atom. The molecule has 19 heavy (non-hydrogen) atoms. The van der Waals surface area contributed by atoms with E-state index in [4.69, 9.17) is 4.42 Å². The topological polar surface area (TPSA) is 72.2 Å². The zero-order chi connectivity index (χ0) is 13.7. The Morgan fingerprint density at radius 3 is 3.05 bits per heavy atom. The Kier molecular flexibility index (Phi) is 4.99. The van der Waals surface area contributed by atoms with Gasteiger partial charge >= 0.3 is 0 Å². The largest absolute Gasteiger partial charge is 0.449 e. The fourth-order valence-corrected chi connectivity index (χ4v) is 4.31. The molecule has 1 atom stereocenters. The third-order valence-electron chi connectivity index (χ3n) is 3.57. The quantitative estimate of drug-likeness (QED) is 0.799. The van der Waals surface area contributed by atoms with E-state index in [0.717, 1.165) is 44.3 Å². The lowest BCUT2D eigenvalue weighted by Crippen LogP contribution is -2.30. The maximum absolute atomic E-state index is 11.9. The first-order chi connectivity index (χ1) is 9.12. The fourth-order valence-electron chi connectivity index (χ4n) is 2.45. The summed E-state index contributed by atoms with van der Waals surface area (Å²) in [6.45, 7) is 0.944. The highest BCUT2D eigenvalue weighted by molar-refractivity contribution is 7.92. The lowest BCUT2D eigenvalue weighted by Gasteiger charge is -2.20. The first-order valence-electron chi connectivity index (χ1n) is 6.91. The summed E-state index contributed by atoms with van der Waals surface area (Å²) in [5.74, 6) is 0.878. The standard InChI is InChI=1S/C13H22N2O3S/c1-14-7-4-5-11-10-18-13(15-11)9-12-6-2-3-8-19(12,16)17/h10,12,14H,2-9H2,1H3. The van der Waals surface area contributed by atoms with Gasteiger partial charge in [0.05, 0.1) is 16.7 Å². The number of nitrogens with one attached hydrogen (secondary N) is 1. The van der Waals surface area contributed by atoms with Crippen LogP contribution in [0.4, 0.5) is 0 Å². The highest BCUT2D eigenvalue weighted by atomic mass is 32.2. The van der Waals surface area contributed by atoms with Crippen LogP contribution in [0.25, 0.3) is 0 Å². The highest BCUT2D eigenvalue weighted by Crippen LogP contribution is 2.22. The number of nitrogens with zero attached hydrogens (tertiary/aromatic N) is 1. The number of oxazole rings is 1. The van der Waals surface area contributed by atoms with Crippen LogP contribution in [0.3, 0.4) is 0 Å². The van der Waals surface area contributed by atoms with Gasteiger partial charge < -0.3 is 9.73 Å². The highest BCUT2D eigenvalue weighted by Gasteiger charge is 2.30. The summed E-state index contributed by atoms with van der Waals surface area (Å²) in [6.07, 6.45) is 6.46. The van der Waals surface area contributed by atoms with Crippen molar-refractivity contribution in [1.82, 2.24) is 10.3 Å². The van der Waals surface area contributed by atoms with Gasteiger partial charge in [-0.25, -0.2) is 13.4 Å². The molecule has 2 heterocycles. The summed E-state index contributed by atoms with van der Waals surface area (Å²) in [7, 11) is -1.02. The van der Waals surface area contributed by atoms with Gasteiger partial charge in [0, 0.05) is 6.42 Å². The maximum Gasteiger partial charge on any atom is 0.195 e. The van der Waals surface area contributed by atoms with Crippen LogP contribution in [0.5, 0.6) is 0 Å². The van der Waals surface area contributed by atoms with Gasteiger partial charge in [-0.1, -0.05) is 6.42 Å². The number of hydrogen-bond acceptors (Lipinski definition) is 5. The number of aryl methyl sites for hydroxylation is 1. The van der Waals surface area contributed by atoms with Gasteiger partial charge in [-0.2, -0.15) is 0 Å². The molecule has 1 unspecified atom stereocenters. The van der Waals surface area contributed by atoms with Crippen LogP contribution in [-0.4, -0.2) is 38.0 Å². The van der Waals surface area contributed by atoms with Gasteiger partial charge in [0.1, 0.15) is 6.26 Å². The molecule has 1 N–H and O–H groups in total. The van der Waals surface area contributed by atoms with Crippen LogP contribution in [0.1, 0.15) is 37.3 Å². The second kappa shape index (κ2) is 6.52. The minimum atomic E-state index is -2.94. The summed E-state index contributed by atoms with van der Waals surface area (Å²) in [6, 6.07) is 0. The summed E-state index contributed by atoms with van der Waals surface area (Å²) in [5, 5.41) is 2.78. The molecule has 0 bridgehead atoms. The summed E-state index contributed by atoms with van der Waals surface area (Å²) in [5.41, 5.74) is 0.915. The third kappa shape index (κ3) is 4.04. The zero-order valence-electron chi connectivity index (χ0n) is 11.4. The smallest absolute Gasteiger partial charge is 0.195 e. The van der Waals surface area contributed by atoms with Crippen molar-refractivity contribution in [3.8, 4) is 0 Å². The molecule has 2 rings (SSSR count). The van der Waals surface area contributed by atoms with Crippen LogP contribution >= 0.6 is 0 Å². The molecule has 1 aromatic rings. The monoisotopic (exact) mass is 286 g/mol. The van der Waals surface area contributed by atoms with Crippen molar-refractivity contribution >= 4 is 9.84 Å². The second-order valence-corrected chi connectivity index (χ2v) is 7.53. The lowest BCUT2D eigenvalue weighted by atomic mass is 10.1. The lowest BCUT2D eigenvalue weighted by molar-refractivity contribution is 0.466. The van der Waals surface area contributed by atoms with Crippen molar-refractivity contribution in [1.29, 1.82) is 0 Å². The predicted octanol–water partition coefficient (Wildman–Crippen LogP) is 1.34. The van der Waals surface area contributed by atoms with Gasteiger partial charge in [0.2, 0.25) is 0 Å². The van der Waals surface area contributed by atoms with E-state index in [0.29, 0.717) is 18.1 Å². The van der Waals surface area contributed by atoms with Crippen LogP contribution in [0.15, 0.2) is 10.7 Å². The van der Waals surface area contributed by atoms with E-state index in [-0.39, 0.29) is 5.25 Å². The minimum Gasteiger partial charge on any atom is -0.449 e. The van der Waals surface area contributed by atoms with E-state index in [1.807, 2.05) is 7.05 Å². The molecule has 0 spiro atoms. The van der Waals surface area contributed by atoms with Crippen molar-refractivity contribution in [2.45, 2.75) is 43.8 Å². The van der Waals surface area contributed by atoms with E-state index in [9.17, 15) is 8.42 Å². The van der Waals surface area contributed by atoms with Gasteiger partial charge in [-0.3, -0.25) is 0 Å². The van der Waals surface area contributed by atoms with Crippen molar-refractivity contribution in [3.05, 3.63) is 17.8 Å². The molecule has 0 amide bonds. The van der Waals surface area contributed by atoms with Crippen LogP contribution in [-0.2, 0) is 22.7 Å². The summed E-state index contributed by atoms with van der Waals surface area (Å²) < 4.78 is 29.2. The van der Waals surface area contributed by atoms with Crippen LogP contribution < -0.4 is 5.32 Å². The Balaban J connectivity index is 1.92. The molecule has 0 aromatic carbocycles.